The Balaban J connectivity index is 1.95. The first-order valence-corrected chi connectivity index (χ1v) is 5.73. The van der Waals surface area contributed by atoms with Crippen LogP contribution in [-0.4, -0.2) is 11.9 Å². The number of anilines is 1. The van der Waals surface area contributed by atoms with Gasteiger partial charge in [0.25, 0.3) is 5.91 Å². The summed E-state index contributed by atoms with van der Waals surface area (Å²) in [7, 11) is 0. The Kier molecular flexibility index (Phi) is 2.72. The highest BCUT2D eigenvalue weighted by Crippen LogP contribution is 2.21. The van der Waals surface area contributed by atoms with Crippen LogP contribution in [0.4, 0.5) is 5.00 Å². The van der Waals surface area contributed by atoms with Gasteiger partial charge in [0.1, 0.15) is 0 Å². The molecule has 1 fully saturated rings. The Morgan fingerprint density at radius 1 is 1.43 bits per heavy atom. The van der Waals surface area contributed by atoms with Crippen molar-refractivity contribution in [1.29, 1.82) is 0 Å². The average Bonchev–Trinajstić information content (AvgIpc) is 2.75. The summed E-state index contributed by atoms with van der Waals surface area (Å²) < 4.78 is 0. The maximum atomic E-state index is 11.7. The molecule has 0 aliphatic heterocycles. The number of amides is 1. The summed E-state index contributed by atoms with van der Waals surface area (Å²) in [6.45, 7) is 0. The van der Waals surface area contributed by atoms with E-state index in [1.54, 1.807) is 12.1 Å². The summed E-state index contributed by atoms with van der Waals surface area (Å²) in [4.78, 5) is 12.4. The molecule has 0 aromatic carbocycles. The van der Waals surface area contributed by atoms with E-state index in [2.05, 4.69) is 5.32 Å². The van der Waals surface area contributed by atoms with Crippen molar-refractivity contribution in [3.8, 4) is 0 Å². The Hall–Kier alpha value is -1.03. The number of nitrogens with one attached hydrogen (secondary N) is 1. The normalized spacial score (nSPS) is 17.1. The van der Waals surface area contributed by atoms with E-state index in [4.69, 9.17) is 5.73 Å². The smallest absolute Gasteiger partial charge is 0.261 e. The molecule has 4 heteroatoms. The van der Waals surface area contributed by atoms with Crippen molar-refractivity contribution in [2.45, 2.75) is 31.7 Å². The number of rotatable bonds is 2. The van der Waals surface area contributed by atoms with Gasteiger partial charge in [-0.05, 0) is 25.0 Å². The van der Waals surface area contributed by atoms with Crippen molar-refractivity contribution in [2.24, 2.45) is 0 Å². The minimum atomic E-state index is 0.0265. The van der Waals surface area contributed by atoms with Crippen molar-refractivity contribution in [2.75, 3.05) is 5.73 Å². The average molecular weight is 210 g/mol. The van der Waals surface area contributed by atoms with E-state index >= 15 is 0 Å². The van der Waals surface area contributed by atoms with Crippen molar-refractivity contribution in [3.05, 3.63) is 17.0 Å². The van der Waals surface area contributed by atoms with E-state index in [1.807, 2.05) is 0 Å². The number of hydrogen-bond donors (Lipinski definition) is 2. The second-order valence-electron chi connectivity index (χ2n) is 3.66. The van der Waals surface area contributed by atoms with Crippen molar-refractivity contribution in [3.63, 3.8) is 0 Å². The molecule has 1 amide bonds. The minimum absolute atomic E-state index is 0.0265. The van der Waals surface area contributed by atoms with E-state index in [-0.39, 0.29) is 5.91 Å². The molecule has 0 spiro atoms. The molecule has 0 saturated heterocycles. The highest BCUT2D eigenvalue weighted by molar-refractivity contribution is 7.17. The van der Waals surface area contributed by atoms with Crippen LogP contribution in [0.5, 0.6) is 0 Å². The Morgan fingerprint density at radius 3 is 2.71 bits per heavy atom. The van der Waals surface area contributed by atoms with Gasteiger partial charge in [0.2, 0.25) is 0 Å². The summed E-state index contributed by atoms with van der Waals surface area (Å²) in [6.07, 6.45) is 4.70. The van der Waals surface area contributed by atoms with Gasteiger partial charge in [-0.15, -0.1) is 11.3 Å². The van der Waals surface area contributed by atoms with Crippen LogP contribution < -0.4 is 11.1 Å². The molecule has 3 N–H and O–H groups in total. The SMILES string of the molecule is Nc1ccc(C(=O)NC2CCCC2)s1. The van der Waals surface area contributed by atoms with Gasteiger partial charge in [0, 0.05) is 6.04 Å². The summed E-state index contributed by atoms with van der Waals surface area (Å²) in [6, 6.07) is 3.93. The number of carbonyl (C=O) groups excluding carboxylic acids is 1. The fourth-order valence-electron chi connectivity index (χ4n) is 1.80. The predicted octanol–water partition coefficient (Wildman–Crippen LogP) is 2.00. The van der Waals surface area contributed by atoms with E-state index < -0.39 is 0 Å². The fraction of sp³-hybridized carbons (Fsp3) is 0.500. The van der Waals surface area contributed by atoms with Crippen molar-refractivity contribution < 1.29 is 4.79 Å². The minimum Gasteiger partial charge on any atom is -0.391 e. The van der Waals surface area contributed by atoms with Gasteiger partial charge >= 0.3 is 0 Å². The molecule has 2 rings (SSSR count). The number of carbonyl (C=O) groups is 1. The van der Waals surface area contributed by atoms with E-state index in [9.17, 15) is 4.79 Å². The van der Waals surface area contributed by atoms with Crippen LogP contribution in [0.2, 0.25) is 0 Å². The first-order valence-electron chi connectivity index (χ1n) is 4.92. The van der Waals surface area contributed by atoms with Gasteiger partial charge in [-0.3, -0.25) is 4.79 Å². The molecule has 0 atom stereocenters. The standard InChI is InChI=1S/C10H14N2OS/c11-9-6-5-8(14-9)10(13)12-7-3-1-2-4-7/h5-7H,1-4,11H2,(H,12,13). The topological polar surface area (TPSA) is 55.1 Å². The maximum Gasteiger partial charge on any atom is 0.261 e. The molecule has 76 valence electrons. The lowest BCUT2D eigenvalue weighted by atomic mass is 10.2. The first-order chi connectivity index (χ1) is 6.75. The van der Waals surface area contributed by atoms with E-state index in [1.165, 1.54) is 24.2 Å². The molecular weight excluding hydrogens is 196 g/mol. The second kappa shape index (κ2) is 4.00. The Labute approximate surface area is 87.3 Å². The lowest BCUT2D eigenvalue weighted by molar-refractivity contribution is 0.0942. The molecule has 1 aromatic heterocycles. The molecule has 0 unspecified atom stereocenters. The second-order valence-corrected chi connectivity index (χ2v) is 4.77. The molecule has 3 nitrogen and oxygen atoms in total. The largest absolute Gasteiger partial charge is 0.391 e. The van der Waals surface area contributed by atoms with Crippen molar-refractivity contribution >= 4 is 22.2 Å². The lowest BCUT2D eigenvalue weighted by Gasteiger charge is -2.10. The summed E-state index contributed by atoms with van der Waals surface area (Å²) in [5.74, 6) is 0.0265. The lowest BCUT2D eigenvalue weighted by Crippen LogP contribution is -2.31. The molecule has 1 saturated carbocycles. The zero-order chi connectivity index (χ0) is 9.97. The van der Waals surface area contributed by atoms with E-state index in [0.717, 1.165) is 17.7 Å². The zero-order valence-corrected chi connectivity index (χ0v) is 8.77. The van der Waals surface area contributed by atoms with Crippen LogP contribution in [0.15, 0.2) is 12.1 Å². The zero-order valence-electron chi connectivity index (χ0n) is 7.95. The molecule has 1 aliphatic rings. The van der Waals surface area contributed by atoms with E-state index in [0.29, 0.717) is 11.0 Å². The van der Waals surface area contributed by atoms with Crippen LogP contribution in [0.1, 0.15) is 35.4 Å². The molecular formula is C10H14N2OS. The van der Waals surface area contributed by atoms with Gasteiger partial charge in [-0.25, -0.2) is 0 Å². The molecule has 14 heavy (non-hydrogen) atoms. The predicted molar refractivity (Wildman–Crippen MR) is 58.5 cm³/mol. The van der Waals surface area contributed by atoms with Crippen LogP contribution in [0.25, 0.3) is 0 Å². The number of nitrogen functional groups attached to an aromatic ring is 1. The highest BCUT2D eigenvalue weighted by atomic mass is 32.1. The molecule has 1 aliphatic carbocycles. The number of thiophene rings is 1. The van der Waals surface area contributed by atoms with Gasteiger partial charge in [0.15, 0.2) is 0 Å². The van der Waals surface area contributed by atoms with Crippen LogP contribution >= 0.6 is 11.3 Å². The van der Waals surface area contributed by atoms with Gasteiger partial charge in [0.05, 0.1) is 9.88 Å². The third-order valence-corrected chi connectivity index (χ3v) is 3.45. The molecule has 0 radical (unpaired) electrons. The summed E-state index contributed by atoms with van der Waals surface area (Å²) in [5, 5.41) is 3.72. The first kappa shape index (κ1) is 9.52. The van der Waals surface area contributed by atoms with Gasteiger partial charge in [-0.1, -0.05) is 12.8 Å². The van der Waals surface area contributed by atoms with Crippen LogP contribution in [0.3, 0.4) is 0 Å². The molecule has 1 heterocycles. The summed E-state index contributed by atoms with van der Waals surface area (Å²) in [5.41, 5.74) is 5.56. The van der Waals surface area contributed by atoms with Crippen LogP contribution in [-0.2, 0) is 0 Å². The summed E-state index contributed by atoms with van der Waals surface area (Å²) >= 11 is 1.34. The van der Waals surface area contributed by atoms with Crippen molar-refractivity contribution in [1.82, 2.24) is 5.32 Å². The number of nitrogens with two attached hydrogens (primary N) is 1. The molecule has 0 bridgehead atoms. The quantitative estimate of drug-likeness (QED) is 0.784. The maximum absolute atomic E-state index is 11.7. The van der Waals surface area contributed by atoms with Gasteiger partial charge in [-0.2, -0.15) is 0 Å². The third-order valence-electron chi connectivity index (χ3n) is 2.54. The third kappa shape index (κ3) is 2.07. The fourth-order valence-corrected chi connectivity index (χ4v) is 2.48. The monoisotopic (exact) mass is 210 g/mol. The van der Waals surface area contributed by atoms with Gasteiger partial charge < -0.3 is 11.1 Å². The number of hydrogen-bond acceptors (Lipinski definition) is 3. The highest BCUT2D eigenvalue weighted by Gasteiger charge is 2.18. The Morgan fingerprint density at radius 2 is 2.14 bits per heavy atom. The Bertz CT molecular complexity index is 329. The molecule has 1 aromatic rings. The van der Waals surface area contributed by atoms with Crippen LogP contribution in [0, 0.1) is 0 Å².